The number of unbranched alkanes of at least 4 members (excludes halogenated alkanes) is 2. The molecule has 1 unspecified atom stereocenters. The predicted molar refractivity (Wildman–Crippen MR) is 50.4 cm³/mol. The minimum atomic E-state index is -0.387. The Balaban J connectivity index is 3.41. The van der Waals surface area contributed by atoms with Crippen molar-refractivity contribution in [2.24, 2.45) is 9.98 Å². The Hall–Kier alpha value is -1.28. The molecule has 0 aliphatic rings. The van der Waals surface area contributed by atoms with Gasteiger partial charge >= 0.3 is 0 Å². The molecule has 0 rings (SSSR count). The molecule has 0 aromatic rings. The molecular formula is C9H14N2O3. The average molecular weight is 198 g/mol. The summed E-state index contributed by atoms with van der Waals surface area (Å²) in [6.45, 7) is 0.512. The molecule has 0 saturated carbocycles. The van der Waals surface area contributed by atoms with Crippen LogP contribution in [-0.2, 0) is 14.3 Å². The number of ether oxygens (including phenoxy) is 1. The Labute approximate surface area is 82.9 Å². The van der Waals surface area contributed by atoms with Crippen LogP contribution in [0, 0.1) is 0 Å². The Morgan fingerprint density at radius 1 is 1.21 bits per heavy atom. The van der Waals surface area contributed by atoms with E-state index in [0.717, 1.165) is 19.3 Å². The molecule has 5 nitrogen and oxygen atoms in total. The third-order valence-electron chi connectivity index (χ3n) is 1.75. The summed E-state index contributed by atoms with van der Waals surface area (Å²) in [6, 6.07) is 0. The highest BCUT2D eigenvalue weighted by atomic mass is 16.5. The van der Waals surface area contributed by atoms with Gasteiger partial charge in [0.05, 0.1) is 6.54 Å². The maximum Gasteiger partial charge on any atom is 0.237 e. The lowest BCUT2D eigenvalue weighted by Crippen LogP contribution is -2.06. The number of hydrogen-bond donors (Lipinski definition) is 0. The lowest BCUT2D eigenvalue weighted by molar-refractivity contribution is 0.100. The largest absolute Gasteiger partial charge is 0.359 e. The lowest BCUT2D eigenvalue weighted by atomic mass is 10.2. The molecule has 5 heteroatoms. The summed E-state index contributed by atoms with van der Waals surface area (Å²) in [5.74, 6) is 0. The number of isocyanates is 2. The quantitative estimate of drug-likeness (QED) is 0.334. The summed E-state index contributed by atoms with van der Waals surface area (Å²) in [6.07, 6.45) is 5.90. The minimum absolute atomic E-state index is 0.387. The van der Waals surface area contributed by atoms with E-state index in [9.17, 15) is 9.59 Å². The number of rotatable bonds is 8. The monoisotopic (exact) mass is 198 g/mol. The first-order valence-electron chi connectivity index (χ1n) is 4.48. The van der Waals surface area contributed by atoms with Crippen LogP contribution in [0.2, 0.25) is 0 Å². The maximum absolute atomic E-state index is 9.92. The fraction of sp³-hybridized carbons (Fsp3) is 0.778. The number of aliphatic imine (C=N–C) groups is 2. The summed E-state index contributed by atoms with van der Waals surface area (Å²) < 4.78 is 4.90. The van der Waals surface area contributed by atoms with Crippen LogP contribution in [0.25, 0.3) is 0 Å². The van der Waals surface area contributed by atoms with Gasteiger partial charge in [-0.15, -0.1) is 0 Å². The number of nitrogens with zero attached hydrogens (tertiary/aromatic N) is 2. The van der Waals surface area contributed by atoms with Gasteiger partial charge < -0.3 is 4.74 Å². The van der Waals surface area contributed by atoms with E-state index in [1.165, 1.54) is 19.3 Å². The van der Waals surface area contributed by atoms with Crippen molar-refractivity contribution in [3.05, 3.63) is 0 Å². The van der Waals surface area contributed by atoms with E-state index in [4.69, 9.17) is 4.74 Å². The Bertz CT molecular complexity index is 230. The van der Waals surface area contributed by atoms with E-state index in [1.807, 2.05) is 0 Å². The molecule has 0 saturated heterocycles. The van der Waals surface area contributed by atoms with Crippen LogP contribution in [0.5, 0.6) is 0 Å². The van der Waals surface area contributed by atoms with Crippen molar-refractivity contribution in [2.75, 3.05) is 13.7 Å². The van der Waals surface area contributed by atoms with Gasteiger partial charge in [-0.1, -0.05) is 6.42 Å². The van der Waals surface area contributed by atoms with Gasteiger partial charge in [0.2, 0.25) is 12.2 Å². The SMILES string of the molecule is COC(CCCCCN=C=O)N=C=O. The van der Waals surface area contributed by atoms with Crippen LogP contribution >= 0.6 is 0 Å². The third-order valence-corrected chi connectivity index (χ3v) is 1.75. The number of methoxy groups -OCH3 is 1. The third kappa shape index (κ3) is 7.37. The zero-order valence-electron chi connectivity index (χ0n) is 8.23. The molecular weight excluding hydrogens is 184 g/mol. The molecule has 0 radical (unpaired) electrons. The van der Waals surface area contributed by atoms with Crippen LogP contribution in [-0.4, -0.2) is 32.0 Å². The smallest absolute Gasteiger partial charge is 0.237 e. The first kappa shape index (κ1) is 12.7. The Morgan fingerprint density at radius 3 is 2.57 bits per heavy atom. The van der Waals surface area contributed by atoms with Gasteiger partial charge in [0.1, 0.15) is 0 Å². The second-order valence-electron chi connectivity index (χ2n) is 2.73. The topological polar surface area (TPSA) is 68.1 Å². The van der Waals surface area contributed by atoms with Gasteiger partial charge in [-0.3, -0.25) is 0 Å². The van der Waals surface area contributed by atoms with Crippen molar-refractivity contribution >= 4 is 12.2 Å². The van der Waals surface area contributed by atoms with Crippen molar-refractivity contribution < 1.29 is 14.3 Å². The first-order chi connectivity index (χ1) is 6.85. The molecule has 0 spiro atoms. The van der Waals surface area contributed by atoms with Gasteiger partial charge in [0.25, 0.3) is 0 Å². The molecule has 0 aromatic heterocycles. The molecule has 0 fully saturated rings. The van der Waals surface area contributed by atoms with Crippen LogP contribution in [0.15, 0.2) is 9.98 Å². The summed E-state index contributed by atoms with van der Waals surface area (Å²) >= 11 is 0. The highest BCUT2D eigenvalue weighted by molar-refractivity contribution is 5.33. The molecule has 0 heterocycles. The van der Waals surface area contributed by atoms with Crippen molar-refractivity contribution in [3.8, 4) is 0 Å². The Morgan fingerprint density at radius 2 is 2.00 bits per heavy atom. The van der Waals surface area contributed by atoms with Gasteiger partial charge in [-0.2, -0.15) is 4.99 Å². The first-order valence-corrected chi connectivity index (χ1v) is 4.48. The minimum Gasteiger partial charge on any atom is -0.359 e. The second-order valence-corrected chi connectivity index (χ2v) is 2.73. The fourth-order valence-electron chi connectivity index (χ4n) is 1.03. The predicted octanol–water partition coefficient (Wildman–Crippen LogP) is 1.19. The van der Waals surface area contributed by atoms with E-state index >= 15 is 0 Å². The number of hydrogen-bond acceptors (Lipinski definition) is 5. The molecule has 0 bridgehead atoms. The van der Waals surface area contributed by atoms with E-state index in [0.29, 0.717) is 13.0 Å². The Kier molecular flexibility index (Phi) is 8.91. The molecule has 0 aliphatic heterocycles. The highest BCUT2D eigenvalue weighted by Crippen LogP contribution is 2.06. The summed E-state index contributed by atoms with van der Waals surface area (Å²) in [7, 11) is 1.50. The van der Waals surface area contributed by atoms with E-state index < -0.39 is 0 Å². The molecule has 1 atom stereocenters. The van der Waals surface area contributed by atoms with Crippen LogP contribution in [0.3, 0.4) is 0 Å². The van der Waals surface area contributed by atoms with Crippen molar-refractivity contribution in [2.45, 2.75) is 31.9 Å². The summed E-state index contributed by atoms with van der Waals surface area (Å²) in [4.78, 5) is 26.5. The fourth-order valence-corrected chi connectivity index (χ4v) is 1.03. The van der Waals surface area contributed by atoms with Crippen molar-refractivity contribution in [1.82, 2.24) is 0 Å². The van der Waals surface area contributed by atoms with Gasteiger partial charge in [0.15, 0.2) is 6.23 Å². The van der Waals surface area contributed by atoms with E-state index in [2.05, 4.69) is 9.98 Å². The van der Waals surface area contributed by atoms with Gasteiger partial charge in [-0.05, 0) is 19.3 Å². The lowest BCUT2D eigenvalue weighted by Gasteiger charge is -2.06. The molecule has 0 aromatic carbocycles. The molecule has 0 aliphatic carbocycles. The van der Waals surface area contributed by atoms with Crippen LogP contribution in [0.1, 0.15) is 25.7 Å². The summed E-state index contributed by atoms with van der Waals surface area (Å²) in [5, 5.41) is 0. The van der Waals surface area contributed by atoms with Crippen LogP contribution < -0.4 is 0 Å². The highest BCUT2D eigenvalue weighted by Gasteiger charge is 2.02. The zero-order chi connectivity index (χ0) is 10.6. The summed E-state index contributed by atoms with van der Waals surface area (Å²) in [5.41, 5.74) is 0. The van der Waals surface area contributed by atoms with Gasteiger partial charge in [0, 0.05) is 7.11 Å². The van der Waals surface area contributed by atoms with Gasteiger partial charge in [-0.25, -0.2) is 14.6 Å². The molecule has 0 amide bonds. The van der Waals surface area contributed by atoms with Crippen molar-refractivity contribution in [1.29, 1.82) is 0 Å². The average Bonchev–Trinajstić information content (AvgIpc) is 2.21. The number of carbonyl (C=O) groups excluding carboxylic acids is 2. The van der Waals surface area contributed by atoms with Crippen LogP contribution in [0.4, 0.5) is 0 Å². The molecule has 14 heavy (non-hydrogen) atoms. The molecule has 78 valence electrons. The van der Waals surface area contributed by atoms with Crippen molar-refractivity contribution in [3.63, 3.8) is 0 Å². The van der Waals surface area contributed by atoms with E-state index in [-0.39, 0.29) is 6.23 Å². The maximum atomic E-state index is 9.92. The normalized spacial score (nSPS) is 11.2. The zero-order valence-corrected chi connectivity index (χ0v) is 8.23. The standard InChI is InChI=1S/C9H14N2O3/c1-14-9(11-8-13)5-3-2-4-6-10-7-12/h9H,2-6H2,1H3. The second kappa shape index (κ2) is 9.81. The molecule has 0 N–H and O–H groups in total. The van der Waals surface area contributed by atoms with E-state index in [1.54, 1.807) is 0 Å².